The summed E-state index contributed by atoms with van der Waals surface area (Å²) in [5.41, 5.74) is 3.09. The van der Waals surface area contributed by atoms with Crippen LogP contribution in [-0.4, -0.2) is 57.3 Å². The van der Waals surface area contributed by atoms with Crippen molar-refractivity contribution in [2.45, 2.75) is 44.2 Å². The number of fused-ring (bicyclic) bond motifs is 2. The molecule has 36 heavy (non-hydrogen) atoms. The number of benzene rings is 2. The van der Waals surface area contributed by atoms with Crippen LogP contribution in [0.15, 0.2) is 48.5 Å². The molecular formula is C25H31F3N2O5S. The van der Waals surface area contributed by atoms with E-state index in [1.54, 1.807) is 11.4 Å². The molecule has 4 rings (SSSR count). The predicted octanol–water partition coefficient (Wildman–Crippen LogP) is 4.63. The Kier molecular flexibility index (Phi) is 8.24. The van der Waals surface area contributed by atoms with Crippen molar-refractivity contribution in [1.29, 1.82) is 0 Å². The van der Waals surface area contributed by atoms with Crippen LogP contribution in [0, 0.1) is 5.92 Å². The number of methoxy groups -OCH3 is 1. The molecule has 0 atom stereocenters. The van der Waals surface area contributed by atoms with Gasteiger partial charge in [0.05, 0.1) is 12.8 Å². The minimum Gasteiger partial charge on any atom is -0.497 e. The van der Waals surface area contributed by atoms with E-state index in [4.69, 9.17) is 14.6 Å². The summed E-state index contributed by atoms with van der Waals surface area (Å²) in [5.74, 6) is -1.62. The van der Waals surface area contributed by atoms with E-state index >= 15 is 0 Å². The molecule has 0 saturated carbocycles. The summed E-state index contributed by atoms with van der Waals surface area (Å²) in [4.78, 5) is 11.3. The molecule has 7 nitrogen and oxygen atoms in total. The summed E-state index contributed by atoms with van der Waals surface area (Å²) in [7, 11) is -1.75. The highest BCUT2D eigenvalue weighted by Gasteiger charge is 2.56. The first-order valence-corrected chi connectivity index (χ1v) is 13.0. The average molecular weight is 529 g/mol. The zero-order chi connectivity index (χ0) is 26.7. The summed E-state index contributed by atoms with van der Waals surface area (Å²) in [6.45, 7) is 7.06. The molecule has 1 N–H and O–H groups in total. The van der Waals surface area contributed by atoms with E-state index in [1.165, 1.54) is 5.56 Å². The second-order valence-corrected chi connectivity index (χ2v) is 11.5. The molecule has 2 aromatic carbocycles. The molecule has 11 heteroatoms. The molecule has 0 radical (unpaired) electrons. The first-order valence-electron chi connectivity index (χ1n) is 11.6. The summed E-state index contributed by atoms with van der Waals surface area (Å²) in [5, 5.41) is 7.12. The lowest BCUT2D eigenvalue weighted by molar-refractivity contribution is -0.192. The van der Waals surface area contributed by atoms with E-state index in [0.717, 1.165) is 36.6 Å². The second kappa shape index (κ2) is 10.7. The maximum absolute atomic E-state index is 13.7. The van der Waals surface area contributed by atoms with Crippen LogP contribution in [-0.2, 0) is 26.1 Å². The molecule has 0 bridgehead atoms. The number of para-hydroxylation sites is 1. The van der Waals surface area contributed by atoms with Crippen molar-refractivity contribution in [3.05, 3.63) is 59.7 Å². The monoisotopic (exact) mass is 528 g/mol. The molecule has 1 saturated heterocycles. The number of piperidine rings is 1. The van der Waals surface area contributed by atoms with Crippen LogP contribution in [0.3, 0.4) is 0 Å². The highest BCUT2D eigenvalue weighted by atomic mass is 32.2. The molecule has 1 fully saturated rings. The van der Waals surface area contributed by atoms with Crippen LogP contribution >= 0.6 is 0 Å². The number of likely N-dealkylation sites (tertiary alicyclic amines) is 1. The number of nitrogens with zero attached hydrogens (tertiary/aromatic N) is 2. The van der Waals surface area contributed by atoms with Gasteiger partial charge in [-0.15, -0.1) is 0 Å². The smallest absolute Gasteiger partial charge is 0.490 e. The number of sulfonamides is 1. The number of rotatable bonds is 5. The van der Waals surface area contributed by atoms with E-state index in [9.17, 15) is 21.6 Å². The van der Waals surface area contributed by atoms with E-state index in [1.807, 2.05) is 36.4 Å². The van der Waals surface area contributed by atoms with Crippen LogP contribution in [0.2, 0.25) is 0 Å². The SMILES string of the molecule is COc1ccc(CN2CCC3(CC2)c2ccccc2N(CC(C)C)S3(=O)=O)cc1.O=C(O)C(F)(F)F. The number of hydrogen-bond acceptors (Lipinski definition) is 5. The van der Waals surface area contributed by atoms with Gasteiger partial charge in [-0.3, -0.25) is 9.21 Å². The molecule has 2 aromatic rings. The Morgan fingerprint density at radius 1 is 1.08 bits per heavy atom. The van der Waals surface area contributed by atoms with Crippen LogP contribution in [0.4, 0.5) is 18.9 Å². The lowest BCUT2D eigenvalue weighted by Gasteiger charge is -2.39. The lowest BCUT2D eigenvalue weighted by Crippen LogP contribution is -2.48. The van der Waals surface area contributed by atoms with Gasteiger partial charge in [-0.1, -0.05) is 44.2 Å². The minimum atomic E-state index is -5.08. The van der Waals surface area contributed by atoms with Crippen LogP contribution in [0.5, 0.6) is 5.75 Å². The minimum absolute atomic E-state index is 0.281. The summed E-state index contributed by atoms with van der Waals surface area (Å²) >= 11 is 0. The Morgan fingerprint density at radius 3 is 2.14 bits per heavy atom. The molecule has 0 aliphatic carbocycles. The number of alkyl halides is 3. The van der Waals surface area contributed by atoms with Crippen molar-refractivity contribution in [3.63, 3.8) is 0 Å². The van der Waals surface area contributed by atoms with Crippen LogP contribution in [0.1, 0.15) is 37.8 Å². The van der Waals surface area contributed by atoms with E-state index in [0.29, 0.717) is 19.4 Å². The molecular weight excluding hydrogens is 497 g/mol. The predicted molar refractivity (Wildman–Crippen MR) is 130 cm³/mol. The van der Waals surface area contributed by atoms with Gasteiger partial charge < -0.3 is 9.84 Å². The standard InChI is InChI=1S/C23H30N2O3S.C2HF3O2/c1-18(2)16-25-22-7-5-4-6-21(22)23(29(25,26)27)12-14-24(15-13-23)17-19-8-10-20(28-3)11-9-19;3-2(4,5)1(6)7/h4-11,18H,12-17H2,1-3H3;(H,6,7). The van der Waals surface area contributed by atoms with Gasteiger partial charge in [-0.05, 0) is 48.1 Å². The van der Waals surface area contributed by atoms with E-state index in [2.05, 4.69) is 30.9 Å². The fraction of sp³-hybridized carbons (Fsp3) is 0.480. The highest BCUT2D eigenvalue weighted by Crippen LogP contribution is 2.52. The summed E-state index contributed by atoms with van der Waals surface area (Å²) in [6.07, 6.45) is -3.81. The second-order valence-electron chi connectivity index (χ2n) is 9.37. The Balaban J connectivity index is 0.000000454. The Bertz CT molecular complexity index is 1160. The zero-order valence-corrected chi connectivity index (χ0v) is 21.3. The van der Waals surface area contributed by atoms with E-state index in [-0.39, 0.29) is 5.92 Å². The van der Waals surface area contributed by atoms with Gasteiger partial charge in [0.1, 0.15) is 10.5 Å². The van der Waals surface area contributed by atoms with Crippen molar-refractivity contribution in [2.75, 3.05) is 31.0 Å². The van der Waals surface area contributed by atoms with Gasteiger partial charge in [-0.25, -0.2) is 13.2 Å². The molecule has 0 unspecified atom stereocenters. The van der Waals surface area contributed by atoms with Crippen molar-refractivity contribution in [3.8, 4) is 5.75 Å². The Hall–Kier alpha value is -2.79. The average Bonchev–Trinajstić information content (AvgIpc) is 2.99. The molecule has 198 valence electrons. The van der Waals surface area contributed by atoms with Gasteiger partial charge in [0.15, 0.2) is 0 Å². The highest BCUT2D eigenvalue weighted by molar-refractivity contribution is 7.94. The van der Waals surface area contributed by atoms with Crippen LogP contribution < -0.4 is 9.04 Å². The summed E-state index contributed by atoms with van der Waals surface area (Å²) < 4.78 is 65.2. The molecule has 0 amide bonds. The number of aliphatic carboxylic acids is 1. The first kappa shape index (κ1) is 27.8. The fourth-order valence-corrected chi connectivity index (χ4v) is 7.16. The van der Waals surface area contributed by atoms with Crippen molar-refractivity contribution in [1.82, 2.24) is 4.90 Å². The molecule has 0 aromatic heterocycles. The number of carboxylic acid groups (broad SMARTS) is 1. The molecule has 1 spiro atoms. The molecule has 2 aliphatic heterocycles. The maximum atomic E-state index is 13.7. The largest absolute Gasteiger partial charge is 0.497 e. The third kappa shape index (κ3) is 5.62. The van der Waals surface area contributed by atoms with Crippen LogP contribution in [0.25, 0.3) is 0 Å². The lowest BCUT2D eigenvalue weighted by atomic mass is 9.87. The first-order chi connectivity index (χ1) is 16.8. The van der Waals surface area contributed by atoms with Gasteiger partial charge in [0.25, 0.3) is 0 Å². The number of hydrogen-bond donors (Lipinski definition) is 1. The van der Waals surface area contributed by atoms with E-state index < -0.39 is 26.9 Å². The Labute approximate surface area is 209 Å². The molecule has 2 aliphatic rings. The third-order valence-electron chi connectivity index (χ3n) is 6.45. The number of anilines is 1. The summed E-state index contributed by atoms with van der Waals surface area (Å²) in [6, 6.07) is 16.0. The van der Waals surface area contributed by atoms with Gasteiger partial charge >= 0.3 is 12.1 Å². The zero-order valence-electron chi connectivity index (χ0n) is 20.5. The fourth-order valence-electron chi connectivity index (χ4n) is 4.67. The number of halogens is 3. The number of carbonyl (C=O) groups is 1. The number of carboxylic acids is 1. The van der Waals surface area contributed by atoms with Crippen molar-refractivity contribution in [2.24, 2.45) is 5.92 Å². The normalized spacial score (nSPS) is 18.5. The quantitative estimate of drug-likeness (QED) is 0.609. The third-order valence-corrected chi connectivity index (χ3v) is 8.99. The van der Waals surface area contributed by atoms with Crippen molar-refractivity contribution >= 4 is 21.7 Å². The van der Waals surface area contributed by atoms with Gasteiger partial charge in [-0.2, -0.15) is 13.2 Å². The van der Waals surface area contributed by atoms with Gasteiger partial charge in [0, 0.05) is 26.2 Å². The molecule has 2 heterocycles. The van der Waals surface area contributed by atoms with Crippen molar-refractivity contribution < 1.29 is 36.2 Å². The number of ether oxygens (including phenoxy) is 1. The topological polar surface area (TPSA) is 87.2 Å². The van der Waals surface area contributed by atoms with Gasteiger partial charge in [0.2, 0.25) is 10.0 Å². The Morgan fingerprint density at radius 2 is 1.64 bits per heavy atom. The maximum Gasteiger partial charge on any atom is 0.490 e.